The molecule has 0 aliphatic carbocycles. The van der Waals surface area contributed by atoms with Gasteiger partial charge in [-0.1, -0.05) is 17.4 Å². The maximum Gasteiger partial charge on any atom is 0.257 e. The molecule has 6 nitrogen and oxygen atoms in total. The van der Waals surface area contributed by atoms with E-state index in [4.69, 9.17) is 10.5 Å². The minimum Gasteiger partial charge on any atom is -0.497 e. The Morgan fingerprint density at radius 2 is 2.24 bits per heavy atom. The first-order chi connectivity index (χ1) is 10.2. The van der Waals surface area contributed by atoms with E-state index < -0.39 is 0 Å². The largest absolute Gasteiger partial charge is 0.497 e. The van der Waals surface area contributed by atoms with E-state index >= 15 is 0 Å². The summed E-state index contributed by atoms with van der Waals surface area (Å²) in [4.78, 5) is 12.1. The highest BCUT2D eigenvalue weighted by atomic mass is 32.1. The van der Waals surface area contributed by atoms with Gasteiger partial charge in [-0.3, -0.25) is 10.1 Å². The molecule has 1 aromatic carbocycles. The summed E-state index contributed by atoms with van der Waals surface area (Å²) in [5, 5.41) is 12.2. The maximum absolute atomic E-state index is 12.1. The van der Waals surface area contributed by atoms with Crippen molar-refractivity contribution < 1.29 is 9.53 Å². The lowest BCUT2D eigenvalue weighted by molar-refractivity contribution is 0.102. The van der Waals surface area contributed by atoms with Crippen LogP contribution in [0, 0.1) is 0 Å². The summed E-state index contributed by atoms with van der Waals surface area (Å²) < 4.78 is 5.10. The molecule has 0 aliphatic rings. The Bertz CT molecular complexity index is 600. The van der Waals surface area contributed by atoms with Crippen molar-refractivity contribution in [3.05, 3.63) is 34.8 Å². The molecule has 2 rings (SSSR count). The van der Waals surface area contributed by atoms with Crippen LogP contribution in [0.3, 0.4) is 0 Å². The molecule has 0 atom stereocenters. The Hall–Kier alpha value is -1.99. The Kier molecular flexibility index (Phi) is 5.65. The number of hydrogen-bond acceptors (Lipinski definition) is 6. The molecule has 7 heteroatoms. The molecule has 1 amide bonds. The van der Waals surface area contributed by atoms with Crippen molar-refractivity contribution in [3.63, 3.8) is 0 Å². The number of amides is 1. The molecule has 0 saturated heterocycles. The molecule has 3 N–H and O–H groups in total. The first-order valence-corrected chi connectivity index (χ1v) is 7.52. The highest BCUT2D eigenvalue weighted by molar-refractivity contribution is 7.15. The van der Waals surface area contributed by atoms with Gasteiger partial charge in [-0.25, -0.2) is 0 Å². The fourth-order valence-corrected chi connectivity index (χ4v) is 2.54. The van der Waals surface area contributed by atoms with E-state index in [1.807, 2.05) is 0 Å². The van der Waals surface area contributed by atoms with Gasteiger partial charge in [0.1, 0.15) is 10.8 Å². The number of nitrogens with two attached hydrogens (primary N) is 1. The van der Waals surface area contributed by atoms with Crippen molar-refractivity contribution >= 4 is 22.4 Å². The highest BCUT2D eigenvalue weighted by Crippen LogP contribution is 2.19. The number of methoxy groups -OCH3 is 1. The van der Waals surface area contributed by atoms with Crippen LogP contribution in [0.2, 0.25) is 0 Å². The highest BCUT2D eigenvalue weighted by Gasteiger charge is 2.10. The Balaban J connectivity index is 1.96. The van der Waals surface area contributed by atoms with Crippen LogP contribution in [0.15, 0.2) is 24.3 Å². The smallest absolute Gasteiger partial charge is 0.257 e. The summed E-state index contributed by atoms with van der Waals surface area (Å²) in [6, 6.07) is 6.96. The Morgan fingerprint density at radius 3 is 3.00 bits per heavy atom. The average Bonchev–Trinajstić information content (AvgIpc) is 2.95. The summed E-state index contributed by atoms with van der Waals surface area (Å²) in [7, 11) is 1.56. The minimum atomic E-state index is -0.224. The van der Waals surface area contributed by atoms with Crippen LogP contribution in [0.5, 0.6) is 5.75 Å². The number of nitrogens with zero attached hydrogens (tertiary/aromatic N) is 2. The molecular weight excluding hydrogens is 288 g/mol. The second kappa shape index (κ2) is 7.70. The molecular formula is C14H18N4O2S. The summed E-state index contributed by atoms with van der Waals surface area (Å²) in [6.07, 6.45) is 2.78. The van der Waals surface area contributed by atoms with E-state index in [1.165, 1.54) is 11.3 Å². The normalized spacial score (nSPS) is 10.4. The van der Waals surface area contributed by atoms with Crippen LogP contribution < -0.4 is 15.8 Å². The van der Waals surface area contributed by atoms with Crippen molar-refractivity contribution in [2.75, 3.05) is 19.0 Å². The summed E-state index contributed by atoms with van der Waals surface area (Å²) in [5.41, 5.74) is 5.97. The zero-order valence-corrected chi connectivity index (χ0v) is 12.7. The van der Waals surface area contributed by atoms with Gasteiger partial charge >= 0.3 is 0 Å². The topological polar surface area (TPSA) is 90.1 Å². The molecule has 0 unspecified atom stereocenters. The van der Waals surface area contributed by atoms with E-state index in [-0.39, 0.29) is 5.91 Å². The molecule has 112 valence electrons. The number of carbonyl (C=O) groups is 1. The monoisotopic (exact) mass is 306 g/mol. The van der Waals surface area contributed by atoms with Gasteiger partial charge in [0.2, 0.25) is 5.13 Å². The molecule has 1 heterocycles. The number of aromatic nitrogens is 2. The van der Waals surface area contributed by atoms with Gasteiger partial charge in [-0.05, 0) is 37.6 Å². The van der Waals surface area contributed by atoms with E-state index in [2.05, 4.69) is 15.5 Å². The van der Waals surface area contributed by atoms with Crippen LogP contribution in [-0.4, -0.2) is 29.8 Å². The second-order valence-electron chi connectivity index (χ2n) is 4.43. The summed E-state index contributed by atoms with van der Waals surface area (Å²) in [5.74, 6) is 0.418. The third-order valence-electron chi connectivity index (χ3n) is 2.86. The van der Waals surface area contributed by atoms with Gasteiger partial charge in [-0.2, -0.15) is 0 Å². The summed E-state index contributed by atoms with van der Waals surface area (Å²) in [6.45, 7) is 0.679. The lowest BCUT2D eigenvalue weighted by atomic mass is 10.2. The fraction of sp³-hybridized carbons (Fsp3) is 0.357. The number of benzene rings is 1. The number of hydrogen-bond donors (Lipinski definition) is 2. The third kappa shape index (κ3) is 4.51. The van der Waals surface area contributed by atoms with Crippen LogP contribution >= 0.6 is 11.3 Å². The number of carbonyl (C=O) groups excluding carboxylic acids is 1. The average molecular weight is 306 g/mol. The first-order valence-electron chi connectivity index (χ1n) is 6.71. The van der Waals surface area contributed by atoms with Crippen molar-refractivity contribution in [1.29, 1.82) is 0 Å². The predicted octanol–water partition coefficient (Wildman–Crippen LogP) is 2.08. The van der Waals surface area contributed by atoms with Gasteiger partial charge < -0.3 is 10.5 Å². The number of aryl methyl sites for hydroxylation is 1. The Labute approximate surface area is 127 Å². The van der Waals surface area contributed by atoms with Gasteiger partial charge in [-0.15, -0.1) is 10.2 Å². The van der Waals surface area contributed by atoms with Crippen LogP contribution in [0.25, 0.3) is 0 Å². The van der Waals surface area contributed by atoms with Gasteiger partial charge in [0, 0.05) is 12.0 Å². The fourth-order valence-electron chi connectivity index (χ4n) is 1.76. The van der Waals surface area contributed by atoms with Crippen molar-refractivity contribution in [2.45, 2.75) is 19.3 Å². The molecule has 0 fully saturated rings. The second-order valence-corrected chi connectivity index (χ2v) is 5.49. The number of unbranched alkanes of at least 4 members (excludes halogenated alkanes) is 1. The zero-order valence-electron chi connectivity index (χ0n) is 11.8. The molecule has 0 radical (unpaired) electrons. The number of nitrogens with one attached hydrogen (secondary N) is 1. The van der Waals surface area contributed by atoms with Gasteiger partial charge in [0.25, 0.3) is 5.91 Å². The number of ether oxygens (including phenoxy) is 1. The standard InChI is InChI=1S/C14H18N4O2S/c1-20-11-6-4-5-10(9-11)13(19)16-14-18-17-12(21-14)7-2-3-8-15/h4-6,9H,2-3,7-8,15H2,1H3,(H,16,18,19). The molecule has 2 aromatic rings. The molecule has 1 aromatic heterocycles. The number of rotatable bonds is 7. The SMILES string of the molecule is COc1cccc(C(=O)Nc2nnc(CCCCN)s2)c1. The number of anilines is 1. The van der Waals surface area contributed by atoms with E-state index in [0.717, 1.165) is 24.3 Å². The predicted molar refractivity (Wildman–Crippen MR) is 82.8 cm³/mol. The molecule has 21 heavy (non-hydrogen) atoms. The lowest BCUT2D eigenvalue weighted by Gasteiger charge is -2.03. The molecule has 0 spiro atoms. The summed E-state index contributed by atoms with van der Waals surface area (Å²) >= 11 is 1.39. The molecule has 0 saturated carbocycles. The van der Waals surface area contributed by atoms with Crippen molar-refractivity contribution in [1.82, 2.24) is 10.2 Å². The van der Waals surface area contributed by atoms with E-state index in [0.29, 0.717) is 23.0 Å². The van der Waals surface area contributed by atoms with Gasteiger partial charge in [0.05, 0.1) is 7.11 Å². The maximum atomic E-state index is 12.1. The van der Waals surface area contributed by atoms with E-state index in [1.54, 1.807) is 31.4 Å². The quantitative estimate of drug-likeness (QED) is 0.764. The first kappa shape index (κ1) is 15.4. The van der Waals surface area contributed by atoms with Crippen LogP contribution in [0.4, 0.5) is 5.13 Å². The third-order valence-corrected chi connectivity index (χ3v) is 3.76. The van der Waals surface area contributed by atoms with Crippen molar-refractivity contribution in [3.8, 4) is 5.75 Å². The van der Waals surface area contributed by atoms with Gasteiger partial charge in [0.15, 0.2) is 0 Å². The Morgan fingerprint density at radius 1 is 1.38 bits per heavy atom. The van der Waals surface area contributed by atoms with E-state index in [9.17, 15) is 4.79 Å². The molecule has 0 bridgehead atoms. The van der Waals surface area contributed by atoms with Crippen molar-refractivity contribution in [2.24, 2.45) is 5.73 Å². The lowest BCUT2D eigenvalue weighted by Crippen LogP contribution is -2.11. The zero-order chi connectivity index (χ0) is 15.1. The minimum absolute atomic E-state index is 0.224. The van der Waals surface area contributed by atoms with Crippen LogP contribution in [-0.2, 0) is 6.42 Å². The molecule has 0 aliphatic heterocycles. The van der Waals surface area contributed by atoms with Crippen LogP contribution in [0.1, 0.15) is 28.2 Å².